The molecule has 0 aromatic heterocycles. The van der Waals surface area contributed by atoms with Crippen molar-refractivity contribution in [3.63, 3.8) is 0 Å². The predicted octanol–water partition coefficient (Wildman–Crippen LogP) is 2.54. The summed E-state index contributed by atoms with van der Waals surface area (Å²) in [6.07, 6.45) is 4.58. The van der Waals surface area contributed by atoms with Crippen LogP contribution in [0.25, 0.3) is 0 Å². The number of ketones is 1. The molecule has 0 spiro atoms. The van der Waals surface area contributed by atoms with Crippen LogP contribution in [-0.2, 0) is 19.1 Å². The lowest BCUT2D eigenvalue weighted by molar-refractivity contribution is -0.152. The van der Waals surface area contributed by atoms with Gasteiger partial charge >= 0.3 is 5.97 Å². The second-order valence-electron chi connectivity index (χ2n) is 6.71. The van der Waals surface area contributed by atoms with Crippen molar-refractivity contribution in [1.82, 2.24) is 0 Å². The number of esters is 1. The summed E-state index contributed by atoms with van der Waals surface area (Å²) in [5.41, 5.74) is 0.189. The van der Waals surface area contributed by atoms with Gasteiger partial charge in [-0.15, -0.1) is 0 Å². The second kappa shape index (κ2) is 5.66. The molecule has 112 valence electrons. The topological polar surface area (TPSA) is 60.4 Å². The van der Waals surface area contributed by atoms with E-state index < -0.39 is 0 Å². The molecule has 2 rings (SSSR count). The first kappa shape index (κ1) is 15.2. The summed E-state index contributed by atoms with van der Waals surface area (Å²) in [4.78, 5) is 33.2. The molecule has 5 atom stereocenters. The van der Waals surface area contributed by atoms with Crippen molar-refractivity contribution < 1.29 is 19.1 Å². The zero-order valence-corrected chi connectivity index (χ0v) is 12.6. The van der Waals surface area contributed by atoms with Gasteiger partial charge in [0.15, 0.2) is 0 Å². The Bertz CT molecular complexity index is 417. The average Bonchev–Trinajstić information content (AvgIpc) is 2.90. The Morgan fingerprint density at radius 3 is 2.60 bits per heavy atom. The van der Waals surface area contributed by atoms with Crippen LogP contribution in [0.1, 0.15) is 52.9 Å². The number of fused-ring (bicyclic) bond motifs is 1. The molecular weight excluding hydrogens is 256 g/mol. The molecule has 20 heavy (non-hydrogen) atoms. The zero-order chi connectivity index (χ0) is 14.9. The Morgan fingerprint density at radius 1 is 1.35 bits per heavy atom. The van der Waals surface area contributed by atoms with Gasteiger partial charge in [-0.05, 0) is 43.4 Å². The summed E-state index contributed by atoms with van der Waals surface area (Å²) in [5.74, 6) is 1.24. The molecule has 0 bridgehead atoms. The van der Waals surface area contributed by atoms with Gasteiger partial charge in [0.2, 0.25) is 0 Å². The molecular formula is C16H24O4. The fourth-order valence-electron chi connectivity index (χ4n) is 4.19. The number of carbonyl (C=O) groups is 3. The van der Waals surface area contributed by atoms with E-state index in [4.69, 9.17) is 4.74 Å². The lowest BCUT2D eigenvalue weighted by atomic mass is 9.79. The maximum atomic E-state index is 11.2. The molecule has 0 unspecified atom stereocenters. The summed E-state index contributed by atoms with van der Waals surface area (Å²) in [7, 11) is 0. The first-order valence-corrected chi connectivity index (χ1v) is 7.48. The van der Waals surface area contributed by atoms with Gasteiger partial charge in [0.1, 0.15) is 18.2 Å². The van der Waals surface area contributed by atoms with Crippen LogP contribution in [0.2, 0.25) is 0 Å². The van der Waals surface area contributed by atoms with Crippen LogP contribution in [-0.4, -0.2) is 24.1 Å². The molecule has 4 heteroatoms. The molecule has 2 saturated carbocycles. The van der Waals surface area contributed by atoms with Gasteiger partial charge in [-0.1, -0.05) is 6.92 Å². The minimum absolute atomic E-state index is 0.138. The maximum absolute atomic E-state index is 11.2. The molecule has 0 heterocycles. The number of rotatable bonds is 6. The first-order chi connectivity index (χ1) is 9.38. The minimum atomic E-state index is -0.270. The number of Topliss-reactive ketones (excluding diaryl/α,β-unsaturated/α-hetero) is 1. The standard InChI is InChI=1S/C16H24O4/c1-10(18)4-5-13-14-8-12(6-7-17)15(20-11(2)19)9-16(13,14)3/h7,12-15H,4-6,8-9H2,1-3H3/t12-,13-,14-,15+,16+/m0/s1. The number of ether oxygens (including phenoxy) is 1. The molecule has 0 aromatic carbocycles. The summed E-state index contributed by atoms with van der Waals surface area (Å²) in [6.45, 7) is 5.29. The van der Waals surface area contributed by atoms with Crippen LogP contribution in [0.4, 0.5) is 0 Å². The maximum Gasteiger partial charge on any atom is 0.302 e. The third-order valence-corrected chi connectivity index (χ3v) is 5.32. The monoisotopic (exact) mass is 280 g/mol. The van der Waals surface area contributed by atoms with E-state index in [2.05, 4.69) is 6.92 Å². The lowest BCUT2D eigenvalue weighted by Gasteiger charge is -2.33. The Kier molecular flexibility index (Phi) is 4.31. The number of hydrogen-bond donors (Lipinski definition) is 0. The van der Waals surface area contributed by atoms with Crippen LogP contribution in [0.3, 0.4) is 0 Å². The number of aldehydes is 1. The highest BCUT2D eigenvalue weighted by molar-refractivity contribution is 5.75. The number of carbonyl (C=O) groups excluding carboxylic acids is 3. The third-order valence-electron chi connectivity index (χ3n) is 5.32. The second-order valence-corrected chi connectivity index (χ2v) is 6.71. The molecule has 0 N–H and O–H groups in total. The molecule has 2 aliphatic rings. The normalized spacial score (nSPS) is 38.8. The van der Waals surface area contributed by atoms with E-state index in [1.807, 2.05) is 0 Å². The SMILES string of the molecule is CC(=O)CC[C@H]1[C@@H]2C[C@H](CC=O)[C@H](OC(C)=O)C[C@]12C. The van der Waals surface area contributed by atoms with Crippen molar-refractivity contribution in [3.8, 4) is 0 Å². The quantitative estimate of drug-likeness (QED) is 0.554. The van der Waals surface area contributed by atoms with Crippen molar-refractivity contribution >= 4 is 18.0 Å². The van der Waals surface area contributed by atoms with Crippen LogP contribution >= 0.6 is 0 Å². The zero-order valence-electron chi connectivity index (χ0n) is 12.6. The van der Waals surface area contributed by atoms with Crippen molar-refractivity contribution in [3.05, 3.63) is 0 Å². The van der Waals surface area contributed by atoms with Crippen molar-refractivity contribution in [2.45, 2.75) is 59.0 Å². The first-order valence-electron chi connectivity index (χ1n) is 7.48. The summed E-state index contributed by atoms with van der Waals surface area (Å²) >= 11 is 0. The highest BCUT2D eigenvalue weighted by Gasteiger charge is 2.64. The average molecular weight is 280 g/mol. The third kappa shape index (κ3) is 2.94. The predicted molar refractivity (Wildman–Crippen MR) is 74.0 cm³/mol. The fourth-order valence-corrected chi connectivity index (χ4v) is 4.19. The largest absolute Gasteiger partial charge is 0.462 e. The molecule has 2 aliphatic carbocycles. The van der Waals surface area contributed by atoms with Crippen LogP contribution in [0, 0.1) is 23.2 Å². The van der Waals surface area contributed by atoms with Gasteiger partial charge < -0.3 is 14.3 Å². The molecule has 0 saturated heterocycles. The van der Waals surface area contributed by atoms with Gasteiger partial charge in [-0.3, -0.25) is 4.79 Å². The van der Waals surface area contributed by atoms with E-state index in [1.165, 1.54) is 6.92 Å². The van der Waals surface area contributed by atoms with Gasteiger partial charge in [0.25, 0.3) is 0 Å². The van der Waals surface area contributed by atoms with Gasteiger partial charge in [-0.25, -0.2) is 0 Å². The van der Waals surface area contributed by atoms with E-state index in [9.17, 15) is 14.4 Å². The number of hydrogen-bond acceptors (Lipinski definition) is 4. The molecule has 4 nitrogen and oxygen atoms in total. The minimum Gasteiger partial charge on any atom is -0.462 e. The summed E-state index contributed by atoms with van der Waals surface area (Å²) in [5, 5.41) is 0. The van der Waals surface area contributed by atoms with Crippen LogP contribution < -0.4 is 0 Å². The Labute approximate surface area is 120 Å². The van der Waals surface area contributed by atoms with Crippen LogP contribution in [0.15, 0.2) is 0 Å². The van der Waals surface area contributed by atoms with Gasteiger partial charge in [0.05, 0.1) is 0 Å². The molecule has 0 radical (unpaired) electrons. The van der Waals surface area contributed by atoms with Crippen LogP contribution in [0.5, 0.6) is 0 Å². The Hall–Kier alpha value is -1.19. The van der Waals surface area contributed by atoms with Gasteiger partial charge in [0, 0.05) is 25.7 Å². The highest BCUT2D eigenvalue weighted by Crippen LogP contribution is 2.69. The van der Waals surface area contributed by atoms with Crippen molar-refractivity contribution in [2.75, 3.05) is 0 Å². The van der Waals surface area contributed by atoms with E-state index in [0.29, 0.717) is 24.7 Å². The highest BCUT2D eigenvalue weighted by atomic mass is 16.5. The molecule has 2 fully saturated rings. The summed E-state index contributed by atoms with van der Waals surface area (Å²) in [6, 6.07) is 0. The summed E-state index contributed by atoms with van der Waals surface area (Å²) < 4.78 is 5.43. The van der Waals surface area contributed by atoms with E-state index in [-0.39, 0.29) is 29.2 Å². The fraction of sp³-hybridized carbons (Fsp3) is 0.812. The smallest absolute Gasteiger partial charge is 0.302 e. The Morgan fingerprint density at radius 2 is 2.05 bits per heavy atom. The Balaban J connectivity index is 2.02. The van der Waals surface area contributed by atoms with Crippen molar-refractivity contribution in [1.29, 1.82) is 0 Å². The van der Waals surface area contributed by atoms with Crippen molar-refractivity contribution in [2.24, 2.45) is 23.2 Å². The molecule has 0 aliphatic heterocycles. The lowest BCUT2D eigenvalue weighted by Crippen LogP contribution is -2.33. The molecule has 0 amide bonds. The molecule has 0 aromatic rings. The van der Waals surface area contributed by atoms with E-state index in [0.717, 1.165) is 25.5 Å². The van der Waals surface area contributed by atoms with E-state index >= 15 is 0 Å². The van der Waals surface area contributed by atoms with Gasteiger partial charge in [-0.2, -0.15) is 0 Å². The van der Waals surface area contributed by atoms with E-state index in [1.54, 1.807) is 6.92 Å².